The number of ether oxygens (including phenoxy) is 1. The molecule has 0 saturated heterocycles. The third-order valence-corrected chi connectivity index (χ3v) is 7.87. The lowest BCUT2D eigenvalue weighted by Crippen LogP contribution is -2.55. The van der Waals surface area contributed by atoms with Gasteiger partial charge in [-0.3, -0.25) is 9.59 Å². The Morgan fingerprint density at radius 2 is 2.04 bits per heavy atom. The molecule has 6 atom stereocenters. The summed E-state index contributed by atoms with van der Waals surface area (Å²) in [5.74, 6) is 1.36. The molecular weight excluding hydrogens is 304 g/mol. The first-order valence-corrected chi connectivity index (χ1v) is 9.43. The van der Waals surface area contributed by atoms with Gasteiger partial charge in [0.15, 0.2) is 0 Å². The molecule has 0 amide bonds. The van der Waals surface area contributed by atoms with Crippen molar-refractivity contribution in [3.63, 3.8) is 0 Å². The van der Waals surface area contributed by atoms with Gasteiger partial charge >= 0.3 is 5.97 Å². The summed E-state index contributed by atoms with van der Waals surface area (Å²) >= 11 is 0. The Morgan fingerprint density at radius 3 is 2.79 bits per heavy atom. The summed E-state index contributed by atoms with van der Waals surface area (Å²) in [5.41, 5.74) is 0.365. The number of aliphatic hydroxyl groups is 1. The number of esters is 1. The maximum atomic E-state index is 12.9. The molecule has 4 aliphatic rings. The van der Waals surface area contributed by atoms with E-state index in [9.17, 15) is 14.7 Å². The van der Waals surface area contributed by atoms with Crippen LogP contribution in [0.1, 0.15) is 58.3 Å². The van der Waals surface area contributed by atoms with E-state index in [4.69, 9.17) is 4.74 Å². The molecule has 0 aliphatic heterocycles. The fourth-order valence-corrected chi connectivity index (χ4v) is 6.63. The molecule has 4 heteroatoms. The largest absolute Gasteiger partial charge is 0.468 e. The minimum atomic E-state index is -0.552. The number of hydrogen-bond acceptors (Lipinski definition) is 4. The number of Topliss-reactive ketones (excluding diaryl/α,β-unsaturated/α-hetero) is 1. The van der Waals surface area contributed by atoms with Gasteiger partial charge in [-0.05, 0) is 62.7 Å². The zero-order valence-electron chi connectivity index (χ0n) is 14.7. The molecule has 0 spiro atoms. The van der Waals surface area contributed by atoms with Crippen LogP contribution in [0.5, 0.6) is 0 Å². The molecule has 0 bridgehead atoms. The third kappa shape index (κ3) is 1.95. The minimum Gasteiger partial charge on any atom is -0.468 e. The fraction of sp³-hybridized carbons (Fsp3) is 0.800. The van der Waals surface area contributed by atoms with Crippen molar-refractivity contribution in [3.8, 4) is 0 Å². The molecule has 0 aromatic carbocycles. The maximum absolute atomic E-state index is 12.9. The molecule has 0 aromatic heterocycles. The smallest absolute Gasteiger partial charge is 0.316 e. The average molecular weight is 332 g/mol. The molecule has 0 aromatic rings. The van der Waals surface area contributed by atoms with E-state index in [0.717, 1.165) is 31.3 Å². The van der Waals surface area contributed by atoms with E-state index < -0.39 is 5.41 Å². The lowest BCUT2D eigenvalue weighted by Gasteiger charge is -2.56. The second kappa shape index (κ2) is 5.42. The highest BCUT2D eigenvalue weighted by Gasteiger charge is 2.62. The molecule has 4 rings (SSSR count). The summed E-state index contributed by atoms with van der Waals surface area (Å²) < 4.78 is 5.26. The number of carbonyl (C=O) groups is 2. The Kier molecular flexibility index (Phi) is 3.68. The van der Waals surface area contributed by atoms with Crippen LogP contribution in [0, 0.1) is 28.6 Å². The van der Waals surface area contributed by atoms with Crippen LogP contribution in [0.2, 0.25) is 0 Å². The van der Waals surface area contributed by atoms with Crippen molar-refractivity contribution in [1.82, 2.24) is 0 Å². The van der Waals surface area contributed by atoms with Crippen molar-refractivity contribution in [2.75, 3.05) is 7.11 Å². The van der Waals surface area contributed by atoms with Crippen molar-refractivity contribution in [1.29, 1.82) is 0 Å². The van der Waals surface area contributed by atoms with E-state index in [-0.39, 0.29) is 23.4 Å². The van der Waals surface area contributed by atoms with E-state index in [1.807, 2.05) is 0 Å². The van der Waals surface area contributed by atoms with Gasteiger partial charge in [0.2, 0.25) is 0 Å². The number of carbonyl (C=O) groups excluding carboxylic acids is 2. The van der Waals surface area contributed by atoms with Crippen LogP contribution in [-0.2, 0) is 14.3 Å². The Hall–Kier alpha value is -1.16. The van der Waals surface area contributed by atoms with Gasteiger partial charge in [-0.25, -0.2) is 0 Å². The predicted molar refractivity (Wildman–Crippen MR) is 89.1 cm³/mol. The fourth-order valence-electron chi connectivity index (χ4n) is 6.63. The molecular formula is C20H28O4. The molecule has 0 radical (unpaired) electrons. The Morgan fingerprint density at radius 1 is 1.25 bits per heavy atom. The molecule has 4 nitrogen and oxygen atoms in total. The molecule has 1 N–H and O–H groups in total. The van der Waals surface area contributed by atoms with Crippen molar-refractivity contribution < 1.29 is 19.4 Å². The number of rotatable bonds is 1. The molecule has 3 fully saturated rings. The van der Waals surface area contributed by atoms with Gasteiger partial charge in [0.1, 0.15) is 5.78 Å². The second-order valence-corrected chi connectivity index (χ2v) is 8.62. The second-order valence-electron chi connectivity index (χ2n) is 8.62. The quantitative estimate of drug-likeness (QED) is 0.592. The van der Waals surface area contributed by atoms with Gasteiger partial charge in [-0.15, -0.1) is 0 Å². The Balaban J connectivity index is 1.76. The van der Waals surface area contributed by atoms with E-state index in [0.29, 0.717) is 43.3 Å². The summed E-state index contributed by atoms with van der Waals surface area (Å²) in [7, 11) is 1.48. The number of fused-ring (bicyclic) bond motifs is 5. The lowest BCUT2D eigenvalue weighted by atomic mass is 9.47. The molecule has 132 valence electrons. The average Bonchev–Trinajstić information content (AvgIpc) is 2.89. The maximum Gasteiger partial charge on any atom is 0.316 e. The van der Waals surface area contributed by atoms with Crippen LogP contribution in [0.4, 0.5) is 0 Å². The number of hydrogen-bond donors (Lipinski definition) is 1. The van der Waals surface area contributed by atoms with Gasteiger partial charge in [-0.2, -0.15) is 0 Å². The van der Waals surface area contributed by atoms with E-state index in [1.165, 1.54) is 7.11 Å². The van der Waals surface area contributed by atoms with Crippen LogP contribution in [0.15, 0.2) is 11.6 Å². The monoisotopic (exact) mass is 332 g/mol. The zero-order valence-corrected chi connectivity index (χ0v) is 14.7. The normalized spacial score (nSPS) is 47.3. The summed E-state index contributed by atoms with van der Waals surface area (Å²) in [4.78, 5) is 25.4. The molecule has 0 unspecified atom stereocenters. The number of methoxy groups -OCH3 is 1. The van der Waals surface area contributed by atoms with Crippen LogP contribution >= 0.6 is 0 Å². The topological polar surface area (TPSA) is 63.6 Å². The van der Waals surface area contributed by atoms with Gasteiger partial charge in [-0.1, -0.05) is 18.6 Å². The Bertz CT molecular complexity index is 609. The van der Waals surface area contributed by atoms with E-state index in [1.54, 1.807) is 0 Å². The van der Waals surface area contributed by atoms with Crippen molar-refractivity contribution in [2.45, 2.75) is 64.4 Å². The predicted octanol–water partition coefficient (Wildman–Crippen LogP) is 3.03. The number of allylic oxidation sites excluding steroid dienone is 1. The summed E-state index contributed by atoms with van der Waals surface area (Å²) in [6.07, 6.45) is 8.24. The third-order valence-electron chi connectivity index (χ3n) is 7.87. The first-order valence-electron chi connectivity index (χ1n) is 9.43. The van der Waals surface area contributed by atoms with Crippen molar-refractivity contribution in [3.05, 3.63) is 11.6 Å². The molecule has 4 aliphatic carbocycles. The van der Waals surface area contributed by atoms with Crippen LogP contribution in [0.3, 0.4) is 0 Å². The zero-order chi connectivity index (χ0) is 17.1. The highest BCUT2D eigenvalue weighted by Crippen LogP contribution is 2.64. The number of aliphatic hydroxyl groups excluding tert-OH is 1. The van der Waals surface area contributed by atoms with Gasteiger partial charge < -0.3 is 9.84 Å². The lowest BCUT2D eigenvalue weighted by molar-refractivity contribution is -0.163. The van der Waals surface area contributed by atoms with Crippen LogP contribution < -0.4 is 0 Å². The molecule has 24 heavy (non-hydrogen) atoms. The summed E-state index contributed by atoms with van der Waals surface area (Å²) in [6, 6.07) is 0. The number of ketones is 1. The minimum absolute atomic E-state index is 0.122. The van der Waals surface area contributed by atoms with Gasteiger partial charge in [0.25, 0.3) is 0 Å². The van der Waals surface area contributed by atoms with Gasteiger partial charge in [0.05, 0.1) is 18.6 Å². The first-order chi connectivity index (χ1) is 11.4. The summed E-state index contributed by atoms with van der Waals surface area (Å²) in [5, 5.41) is 10.1. The van der Waals surface area contributed by atoms with Crippen LogP contribution in [-0.4, -0.2) is 30.1 Å². The highest BCUT2D eigenvalue weighted by atomic mass is 16.5. The SMILES string of the molecule is COC(=O)[C@]12CC[C@H](O)CC1=CC[C@@H]1[C@@H]2CC[C@]2(C)C(=O)CC[C@@H]12. The van der Waals surface area contributed by atoms with Crippen molar-refractivity contribution in [2.24, 2.45) is 28.6 Å². The van der Waals surface area contributed by atoms with Crippen LogP contribution in [0.25, 0.3) is 0 Å². The molecule has 3 saturated carbocycles. The van der Waals surface area contributed by atoms with E-state index in [2.05, 4.69) is 13.0 Å². The van der Waals surface area contributed by atoms with Crippen molar-refractivity contribution >= 4 is 11.8 Å². The highest BCUT2D eigenvalue weighted by molar-refractivity contribution is 5.87. The molecule has 0 heterocycles. The standard InChI is InChI=1S/C20H28O4/c1-19-9-8-16-14(15(19)5-6-17(19)22)4-3-12-11-13(21)7-10-20(12,16)18(23)24-2/h3,13-16,21H,4-11H2,1-2H3/t13-,14-,15-,16-,19-,20+/m0/s1. The van der Waals surface area contributed by atoms with E-state index >= 15 is 0 Å². The first kappa shape index (κ1) is 16.3. The van der Waals surface area contributed by atoms with Gasteiger partial charge in [0, 0.05) is 11.8 Å². The summed E-state index contributed by atoms with van der Waals surface area (Å²) in [6.45, 7) is 2.15. The Labute approximate surface area is 143 Å².